The van der Waals surface area contributed by atoms with E-state index in [0.717, 1.165) is 5.39 Å². The highest BCUT2D eigenvalue weighted by Gasteiger charge is 2.09. The van der Waals surface area contributed by atoms with Gasteiger partial charge in [-0.1, -0.05) is 17.7 Å². The summed E-state index contributed by atoms with van der Waals surface area (Å²) in [5.41, 5.74) is 1.19. The van der Waals surface area contributed by atoms with Crippen molar-refractivity contribution in [2.45, 2.75) is 19.3 Å². The number of benzene rings is 1. The molecule has 0 bridgehead atoms. The molecule has 2 aromatic rings. The molecule has 20 heavy (non-hydrogen) atoms. The molecule has 6 heteroatoms. The van der Waals surface area contributed by atoms with Gasteiger partial charge < -0.3 is 10.4 Å². The lowest BCUT2D eigenvalue weighted by molar-refractivity contribution is -0.137. The Bertz CT molecular complexity index is 658. The molecule has 0 unspecified atom stereocenters. The number of carbonyl (C=O) groups is 2. The van der Waals surface area contributed by atoms with E-state index in [-0.39, 0.29) is 18.7 Å². The minimum absolute atomic E-state index is 0.0258. The number of halogens is 1. The van der Waals surface area contributed by atoms with Crippen molar-refractivity contribution < 1.29 is 14.7 Å². The van der Waals surface area contributed by atoms with E-state index in [1.165, 1.54) is 0 Å². The maximum atomic E-state index is 11.8. The van der Waals surface area contributed by atoms with E-state index in [2.05, 4.69) is 10.3 Å². The van der Waals surface area contributed by atoms with Crippen LogP contribution in [0.15, 0.2) is 30.5 Å². The van der Waals surface area contributed by atoms with Gasteiger partial charge in [0.1, 0.15) is 0 Å². The topological polar surface area (TPSA) is 79.3 Å². The van der Waals surface area contributed by atoms with E-state index in [0.29, 0.717) is 22.6 Å². The molecule has 1 aromatic carbocycles. The van der Waals surface area contributed by atoms with Crippen molar-refractivity contribution in [3.8, 4) is 0 Å². The Kier molecular flexibility index (Phi) is 4.53. The van der Waals surface area contributed by atoms with Crippen LogP contribution in [0.1, 0.15) is 19.3 Å². The first-order chi connectivity index (χ1) is 9.56. The molecule has 0 spiro atoms. The Labute approximate surface area is 120 Å². The number of aliphatic carboxylic acids is 1. The van der Waals surface area contributed by atoms with Gasteiger partial charge in [0.2, 0.25) is 5.91 Å². The number of carboxylic acid groups (broad SMARTS) is 1. The summed E-state index contributed by atoms with van der Waals surface area (Å²) in [4.78, 5) is 26.4. The van der Waals surface area contributed by atoms with Crippen LogP contribution in [0, 0.1) is 0 Å². The van der Waals surface area contributed by atoms with E-state index >= 15 is 0 Å². The zero-order valence-electron chi connectivity index (χ0n) is 10.6. The molecule has 2 rings (SSSR count). The van der Waals surface area contributed by atoms with Gasteiger partial charge in [-0.2, -0.15) is 0 Å². The molecular weight excluding hydrogens is 280 g/mol. The minimum atomic E-state index is -0.910. The number of rotatable bonds is 5. The van der Waals surface area contributed by atoms with Crippen molar-refractivity contribution in [2.75, 3.05) is 5.32 Å². The molecule has 0 fully saturated rings. The number of carboxylic acids is 1. The molecule has 0 aliphatic carbocycles. The van der Waals surface area contributed by atoms with Crippen molar-refractivity contribution in [2.24, 2.45) is 0 Å². The van der Waals surface area contributed by atoms with Crippen LogP contribution < -0.4 is 5.32 Å². The number of hydrogen-bond acceptors (Lipinski definition) is 3. The lowest BCUT2D eigenvalue weighted by Crippen LogP contribution is -2.12. The van der Waals surface area contributed by atoms with Gasteiger partial charge in [0.25, 0.3) is 0 Å². The van der Waals surface area contributed by atoms with E-state index in [4.69, 9.17) is 16.7 Å². The summed E-state index contributed by atoms with van der Waals surface area (Å²) < 4.78 is 0. The van der Waals surface area contributed by atoms with Gasteiger partial charge in [0.05, 0.1) is 11.2 Å². The third-order valence-electron chi connectivity index (χ3n) is 2.74. The van der Waals surface area contributed by atoms with Crippen LogP contribution in [-0.2, 0) is 9.59 Å². The number of carbonyl (C=O) groups excluding carboxylic acids is 1. The summed E-state index contributed by atoms with van der Waals surface area (Å²) in [5, 5.41) is 12.6. The van der Waals surface area contributed by atoms with Crippen molar-refractivity contribution in [1.29, 1.82) is 0 Å². The Morgan fingerprint density at radius 2 is 2.10 bits per heavy atom. The smallest absolute Gasteiger partial charge is 0.303 e. The predicted molar refractivity (Wildman–Crippen MR) is 76.9 cm³/mol. The zero-order valence-corrected chi connectivity index (χ0v) is 11.4. The number of amides is 1. The molecular formula is C14H13ClN2O3. The fourth-order valence-corrected chi connectivity index (χ4v) is 2.09. The number of pyridine rings is 1. The molecule has 0 saturated heterocycles. The largest absolute Gasteiger partial charge is 0.481 e. The Morgan fingerprint density at radius 3 is 2.85 bits per heavy atom. The molecule has 0 saturated carbocycles. The average Bonchev–Trinajstić information content (AvgIpc) is 2.38. The summed E-state index contributed by atoms with van der Waals surface area (Å²) in [6.45, 7) is 0. The van der Waals surface area contributed by atoms with Crippen molar-refractivity contribution in [3.05, 3.63) is 35.5 Å². The van der Waals surface area contributed by atoms with Crippen LogP contribution in [0.25, 0.3) is 10.9 Å². The fourth-order valence-electron chi connectivity index (χ4n) is 1.86. The lowest BCUT2D eigenvalue weighted by Gasteiger charge is -2.08. The Hall–Kier alpha value is -2.14. The summed E-state index contributed by atoms with van der Waals surface area (Å²) in [6.07, 6.45) is 2.05. The highest BCUT2D eigenvalue weighted by molar-refractivity contribution is 6.32. The second-order valence-electron chi connectivity index (χ2n) is 4.32. The molecule has 1 amide bonds. The second kappa shape index (κ2) is 6.34. The van der Waals surface area contributed by atoms with Crippen molar-refractivity contribution >= 4 is 40.1 Å². The number of fused-ring (bicyclic) bond motifs is 1. The standard InChI is InChI=1S/C14H13ClN2O3/c15-10-7-9-3-2-6-16-14(9)11(8-10)17-12(18)4-1-5-13(19)20/h2-3,6-8H,1,4-5H2,(H,17,18)(H,19,20). The molecule has 0 atom stereocenters. The molecule has 104 valence electrons. The van der Waals surface area contributed by atoms with Gasteiger partial charge in [0, 0.05) is 29.4 Å². The van der Waals surface area contributed by atoms with E-state index in [1.807, 2.05) is 6.07 Å². The average molecular weight is 293 g/mol. The maximum Gasteiger partial charge on any atom is 0.303 e. The van der Waals surface area contributed by atoms with Gasteiger partial charge in [-0.3, -0.25) is 14.6 Å². The number of hydrogen-bond donors (Lipinski definition) is 2. The quantitative estimate of drug-likeness (QED) is 0.887. The first-order valence-electron chi connectivity index (χ1n) is 6.12. The molecule has 1 heterocycles. The van der Waals surface area contributed by atoms with E-state index in [1.54, 1.807) is 24.4 Å². The predicted octanol–water partition coefficient (Wildman–Crippen LogP) is 3.08. The fraction of sp³-hybridized carbons (Fsp3) is 0.214. The van der Waals surface area contributed by atoms with Gasteiger partial charge in [-0.05, 0) is 24.6 Å². The molecule has 0 radical (unpaired) electrons. The summed E-state index contributed by atoms with van der Waals surface area (Å²) in [7, 11) is 0. The van der Waals surface area contributed by atoms with E-state index in [9.17, 15) is 9.59 Å². The normalized spacial score (nSPS) is 10.4. The SMILES string of the molecule is O=C(O)CCCC(=O)Nc1cc(Cl)cc2cccnc12. The summed E-state index contributed by atoms with van der Waals surface area (Å²) in [6, 6.07) is 7.04. The summed E-state index contributed by atoms with van der Waals surface area (Å²) >= 11 is 6.00. The first-order valence-corrected chi connectivity index (χ1v) is 6.50. The Morgan fingerprint density at radius 1 is 1.30 bits per heavy atom. The van der Waals surface area contributed by atoms with E-state index < -0.39 is 5.97 Å². The van der Waals surface area contributed by atoms with Gasteiger partial charge in [-0.15, -0.1) is 0 Å². The molecule has 1 aromatic heterocycles. The third kappa shape index (κ3) is 3.68. The zero-order chi connectivity index (χ0) is 14.5. The summed E-state index contributed by atoms with van der Waals surface area (Å²) in [5.74, 6) is -1.16. The highest BCUT2D eigenvalue weighted by atomic mass is 35.5. The lowest BCUT2D eigenvalue weighted by atomic mass is 10.1. The van der Waals surface area contributed by atoms with Crippen LogP contribution in [-0.4, -0.2) is 22.0 Å². The van der Waals surface area contributed by atoms with Gasteiger partial charge in [0.15, 0.2) is 0 Å². The number of nitrogens with one attached hydrogen (secondary N) is 1. The van der Waals surface area contributed by atoms with Gasteiger partial charge in [-0.25, -0.2) is 0 Å². The van der Waals surface area contributed by atoms with Crippen molar-refractivity contribution in [3.63, 3.8) is 0 Å². The minimum Gasteiger partial charge on any atom is -0.481 e. The van der Waals surface area contributed by atoms with Gasteiger partial charge >= 0.3 is 5.97 Å². The van der Waals surface area contributed by atoms with Crippen LogP contribution in [0.5, 0.6) is 0 Å². The molecule has 0 aliphatic rings. The van der Waals surface area contributed by atoms with Crippen LogP contribution >= 0.6 is 11.6 Å². The molecule has 0 aliphatic heterocycles. The third-order valence-corrected chi connectivity index (χ3v) is 2.96. The number of aromatic nitrogens is 1. The first kappa shape index (κ1) is 14.3. The molecule has 5 nitrogen and oxygen atoms in total. The highest BCUT2D eigenvalue weighted by Crippen LogP contribution is 2.26. The van der Waals surface area contributed by atoms with Crippen LogP contribution in [0.2, 0.25) is 5.02 Å². The Balaban J connectivity index is 2.13. The monoisotopic (exact) mass is 292 g/mol. The molecule has 2 N–H and O–H groups in total. The van der Waals surface area contributed by atoms with Crippen molar-refractivity contribution in [1.82, 2.24) is 4.98 Å². The van der Waals surface area contributed by atoms with Crippen LogP contribution in [0.3, 0.4) is 0 Å². The second-order valence-corrected chi connectivity index (χ2v) is 4.76. The maximum absolute atomic E-state index is 11.8. The van der Waals surface area contributed by atoms with Crippen LogP contribution in [0.4, 0.5) is 5.69 Å². The number of anilines is 1. The number of nitrogens with zero attached hydrogens (tertiary/aromatic N) is 1.